The average molecular weight is 307 g/mol. The standard InChI is InChI=1S/C15H21N3O4/c1-18(2)6-5-16-14(19)10-15(20)17-11-3-4-12-13(9-11)22-8-7-21-12/h3-4,9H,5-8,10H2,1-2H3,(H,16,19)(H,17,20). The van der Waals surface area contributed by atoms with Crippen molar-refractivity contribution in [1.29, 1.82) is 0 Å². The first-order valence-corrected chi connectivity index (χ1v) is 7.15. The number of nitrogens with one attached hydrogen (secondary N) is 2. The number of benzene rings is 1. The van der Waals surface area contributed by atoms with Crippen molar-refractivity contribution in [2.24, 2.45) is 0 Å². The Morgan fingerprint density at radius 1 is 1.14 bits per heavy atom. The highest BCUT2D eigenvalue weighted by Gasteiger charge is 2.14. The lowest BCUT2D eigenvalue weighted by molar-refractivity contribution is -0.126. The van der Waals surface area contributed by atoms with E-state index in [1.165, 1.54) is 0 Å². The SMILES string of the molecule is CN(C)CCNC(=O)CC(=O)Nc1ccc2c(c1)OCCO2. The Morgan fingerprint density at radius 3 is 2.59 bits per heavy atom. The number of fused-ring (bicyclic) bond motifs is 1. The molecular formula is C15H21N3O4. The summed E-state index contributed by atoms with van der Waals surface area (Å²) in [7, 11) is 3.83. The van der Waals surface area contributed by atoms with Gasteiger partial charge in [0.15, 0.2) is 11.5 Å². The van der Waals surface area contributed by atoms with Gasteiger partial charge in [-0.2, -0.15) is 0 Å². The lowest BCUT2D eigenvalue weighted by atomic mass is 10.2. The summed E-state index contributed by atoms with van der Waals surface area (Å²) >= 11 is 0. The van der Waals surface area contributed by atoms with E-state index in [-0.39, 0.29) is 18.2 Å². The molecule has 0 radical (unpaired) electrons. The summed E-state index contributed by atoms with van der Waals surface area (Å²) in [6, 6.07) is 5.15. The van der Waals surface area contributed by atoms with E-state index >= 15 is 0 Å². The molecule has 0 fully saturated rings. The summed E-state index contributed by atoms with van der Waals surface area (Å²) in [6.07, 6.45) is -0.206. The van der Waals surface area contributed by atoms with E-state index in [0.717, 1.165) is 6.54 Å². The van der Waals surface area contributed by atoms with Crippen LogP contribution in [-0.4, -0.2) is 57.1 Å². The molecule has 0 bridgehead atoms. The monoisotopic (exact) mass is 307 g/mol. The topological polar surface area (TPSA) is 79.9 Å². The number of ether oxygens (including phenoxy) is 2. The highest BCUT2D eigenvalue weighted by Crippen LogP contribution is 2.32. The summed E-state index contributed by atoms with van der Waals surface area (Å²) in [4.78, 5) is 25.4. The Hall–Kier alpha value is -2.28. The molecule has 1 aromatic rings. The largest absolute Gasteiger partial charge is 0.486 e. The summed E-state index contributed by atoms with van der Waals surface area (Å²) in [6.45, 7) is 2.25. The zero-order valence-corrected chi connectivity index (χ0v) is 12.8. The lowest BCUT2D eigenvalue weighted by Crippen LogP contribution is -2.33. The van der Waals surface area contributed by atoms with E-state index in [9.17, 15) is 9.59 Å². The van der Waals surface area contributed by atoms with Crippen LogP contribution >= 0.6 is 0 Å². The van der Waals surface area contributed by atoms with Crippen molar-refractivity contribution in [2.75, 3.05) is 45.7 Å². The van der Waals surface area contributed by atoms with Crippen molar-refractivity contribution in [3.05, 3.63) is 18.2 Å². The average Bonchev–Trinajstić information content (AvgIpc) is 2.46. The molecule has 2 rings (SSSR count). The molecule has 0 atom stereocenters. The van der Waals surface area contributed by atoms with Gasteiger partial charge in [-0.1, -0.05) is 0 Å². The molecule has 0 aromatic heterocycles. The predicted molar refractivity (Wildman–Crippen MR) is 82.2 cm³/mol. The van der Waals surface area contributed by atoms with Crippen molar-refractivity contribution in [1.82, 2.24) is 10.2 Å². The van der Waals surface area contributed by atoms with E-state index in [2.05, 4.69) is 10.6 Å². The van der Waals surface area contributed by atoms with Crippen LogP contribution in [0.3, 0.4) is 0 Å². The van der Waals surface area contributed by atoms with Gasteiger partial charge in [0.05, 0.1) is 0 Å². The van der Waals surface area contributed by atoms with Gasteiger partial charge >= 0.3 is 0 Å². The molecule has 7 nitrogen and oxygen atoms in total. The van der Waals surface area contributed by atoms with Crippen LogP contribution in [0, 0.1) is 0 Å². The van der Waals surface area contributed by atoms with Crippen LogP contribution in [0.5, 0.6) is 11.5 Å². The molecule has 7 heteroatoms. The fourth-order valence-electron chi connectivity index (χ4n) is 1.95. The normalized spacial score (nSPS) is 12.9. The minimum absolute atomic E-state index is 0.206. The third-order valence-electron chi connectivity index (χ3n) is 3.03. The molecule has 0 saturated heterocycles. The fraction of sp³-hybridized carbons (Fsp3) is 0.467. The first-order chi connectivity index (χ1) is 10.5. The number of likely N-dealkylation sites (N-methyl/N-ethyl adjacent to an activating group) is 1. The second kappa shape index (κ2) is 7.65. The van der Waals surface area contributed by atoms with Crippen LogP contribution in [0.25, 0.3) is 0 Å². The van der Waals surface area contributed by atoms with E-state index in [4.69, 9.17) is 9.47 Å². The van der Waals surface area contributed by atoms with E-state index in [1.54, 1.807) is 18.2 Å². The Labute approximate surface area is 129 Å². The third kappa shape index (κ3) is 4.92. The van der Waals surface area contributed by atoms with Crippen molar-refractivity contribution in [2.45, 2.75) is 6.42 Å². The van der Waals surface area contributed by atoms with Crippen LogP contribution in [-0.2, 0) is 9.59 Å². The molecular weight excluding hydrogens is 286 g/mol. The van der Waals surface area contributed by atoms with Gasteiger partial charge in [0.2, 0.25) is 11.8 Å². The molecule has 1 heterocycles. The Kier molecular flexibility index (Phi) is 5.60. The van der Waals surface area contributed by atoms with Gasteiger partial charge in [-0.25, -0.2) is 0 Å². The number of hydrogen-bond donors (Lipinski definition) is 2. The Morgan fingerprint density at radius 2 is 1.86 bits per heavy atom. The van der Waals surface area contributed by atoms with Crippen molar-refractivity contribution < 1.29 is 19.1 Å². The van der Waals surface area contributed by atoms with E-state index < -0.39 is 0 Å². The molecule has 0 unspecified atom stereocenters. The maximum atomic E-state index is 11.8. The molecule has 22 heavy (non-hydrogen) atoms. The van der Waals surface area contributed by atoms with Crippen LogP contribution < -0.4 is 20.1 Å². The molecule has 120 valence electrons. The second-order valence-electron chi connectivity index (χ2n) is 5.24. The maximum Gasteiger partial charge on any atom is 0.233 e. The third-order valence-corrected chi connectivity index (χ3v) is 3.03. The van der Waals surface area contributed by atoms with Gasteiger partial charge in [0.25, 0.3) is 0 Å². The van der Waals surface area contributed by atoms with E-state index in [0.29, 0.717) is 36.9 Å². The number of anilines is 1. The number of amides is 2. The highest BCUT2D eigenvalue weighted by atomic mass is 16.6. The fourth-order valence-corrected chi connectivity index (χ4v) is 1.95. The molecule has 2 amide bonds. The number of hydrogen-bond acceptors (Lipinski definition) is 5. The van der Waals surface area contributed by atoms with Crippen molar-refractivity contribution in [3.63, 3.8) is 0 Å². The maximum absolute atomic E-state index is 11.8. The Balaban J connectivity index is 1.80. The smallest absolute Gasteiger partial charge is 0.233 e. The van der Waals surface area contributed by atoms with Gasteiger partial charge < -0.3 is 25.0 Å². The van der Waals surface area contributed by atoms with Crippen LogP contribution in [0.4, 0.5) is 5.69 Å². The van der Waals surface area contributed by atoms with Crippen molar-refractivity contribution in [3.8, 4) is 11.5 Å². The molecule has 0 spiro atoms. The highest BCUT2D eigenvalue weighted by molar-refractivity contribution is 6.03. The van der Waals surface area contributed by atoms with E-state index in [1.807, 2.05) is 19.0 Å². The number of nitrogens with zero attached hydrogens (tertiary/aromatic N) is 1. The molecule has 1 aliphatic heterocycles. The minimum Gasteiger partial charge on any atom is -0.486 e. The van der Waals surface area contributed by atoms with Crippen molar-refractivity contribution >= 4 is 17.5 Å². The number of rotatable bonds is 6. The Bertz CT molecular complexity index is 546. The molecule has 0 aliphatic carbocycles. The summed E-state index contributed by atoms with van der Waals surface area (Å²) in [5.41, 5.74) is 0.579. The van der Waals surface area contributed by atoms with Gasteiger partial charge in [0, 0.05) is 24.8 Å². The first kappa shape index (κ1) is 16.1. The molecule has 1 aromatic carbocycles. The zero-order chi connectivity index (χ0) is 15.9. The first-order valence-electron chi connectivity index (χ1n) is 7.15. The summed E-state index contributed by atoms with van der Waals surface area (Å²) < 4.78 is 10.8. The lowest BCUT2D eigenvalue weighted by Gasteiger charge is -2.19. The van der Waals surface area contributed by atoms with Gasteiger partial charge in [0.1, 0.15) is 19.6 Å². The van der Waals surface area contributed by atoms with Gasteiger partial charge in [-0.3, -0.25) is 9.59 Å². The number of carbonyl (C=O) groups is 2. The van der Waals surface area contributed by atoms with Crippen LogP contribution in [0.15, 0.2) is 18.2 Å². The molecule has 0 saturated carbocycles. The quantitative estimate of drug-likeness (QED) is 0.747. The minimum atomic E-state index is -0.362. The summed E-state index contributed by atoms with van der Waals surface area (Å²) in [5, 5.41) is 5.37. The summed E-state index contributed by atoms with van der Waals surface area (Å²) in [5.74, 6) is 0.598. The second-order valence-corrected chi connectivity index (χ2v) is 5.24. The molecule has 2 N–H and O–H groups in total. The van der Waals surface area contributed by atoms with Gasteiger partial charge in [-0.15, -0.1) is 0 Å². The number of carbonyl (C=O) groups excluding carboxylic acids is 2. The van der Waals surface area contributed by atoms with Crippen LogP contribution in [0.2, 0.25) is 0 Å². The zero-order valence-electron chi connectivity index (χ0n) is 12.8. The predicted octanol–water partition coefficient (Wildman–Crippen LogP) is 0.464. The van der Waals surface area contributed by atoms with Gasteiger partial charge in [-0.05, 0) is 26.2 Å². The molecule has 1 aliphatic rings. The van der Waals surface area contributed by atoms with Crippen LogP contribution in [0.1, 0.15) is 6.42 Å².